The molecule has 6 heteroatoms. The molecule has 1 aliphatic rings. The fraction of sp³-hybridized carbons (Fsp3) is 0.368. The van der Waals surface area contributed by atoms with Gasteiger partial charge in [-0.2, -0.15) is 0 Å². The summed E-state index contributed by atoms with van der Waals surface area (Å²) in [5.41, 5.74) is 8.88. The fourth-order valence-corrected chi connectivity index (χ4v) is 2.83. The van der Waals surface area contributed by atoms with Crippen molar-refractivity contribution in [2.75, 3.05) is 23.8 Å². The van der Waals surface area contributed by atoms with Crippen LogP contribution in [0.2, 0.25) is 0 Å². The molecule has 0 saturated carbocycles. The van der Waals surface area contributed by atoms with Crippen molar-refractivity contribution in [1.82, 2.24) is 4.98 Å². The minimum Gasteiger partial charge on any atom is -0.381 e. The summed E-state index contributed by atoms with van der Waals surface area (Å²) in [6.45, 7) is 4.24. The average Bonchev–Trinajstić information content (AvgIpc) is 2.63. The van der Waals surface area contributed by atoms with Gasteiger partial charge in [0.1, 0.15) is 5.82 Å². The standard InChI is InChI=1S/C19H24N4O2/c1-13-2-4-15(19(20)24)10-17(13)21-11-14-3-5-18(22-12-14)23-16-6-8-25-9-7-16/h2-5,10,12,16,21H,6-9,11H2,1H3,(H2,20,24)(H,22,23). The van der Waals surface area contributed by atoms with Gasteiger partial charge in [-0.3, -0.25) is 4.79 Å². The van der Waals surface area contributed by atoms with Crippen molar-refractivity contribution in [2.24, 2.45) is 5.73 Å². The van der Waals surface area contributed by atoms with Crippen LogP contribution in [0.1, 0.15) is 34.3 Å². The molecular weight excluding hydrogens is 316 g/mol. The lowest BCUT2D eigenvalue weighted by molar-refractivity contribution is 0.0904. The summed E-state index contributed by atoms with van der Waals surface area (Å²) in [4.78, 5) is 15.8. The van der Waals surface area contributed by atoms with E-state index < -0.39 is 5.91 Å². The molecule has 3 rings (SSSR count). The molecule has 1 fully saturated rings. The molecule has 0 spiro atoms. The Morgan fingerprint density at radius 3 is 2.76 bits per heavy atom. The quantitative estimate of drug-likeness (QED) is 0.752. The van der Waals surface area contributed by atoms with Crippen molar-refractivity contribution in [3.63, 3.8) is 0 Å². The number of primary amides is 1. The molecule has 2 heterocycles. The number of rotatable bonds is 6. The molecule has 0 atom stereocenters. The number of amides is 1. The largest absolute Gasteiger partial charge is 0.381 e. The number of aryl methyl sites for hydroxylation is 1. The SMILES string of the molecule is Cc1ccc(C(N)=O)cc1NCc1ccc(NC2CCOCC2)nc1. The van der Waals surface area contributed by atoms with Crippen LogP contribution >= 0.6 is 0 Å². The van der Waals surface area contributed by atoms with Crippen LogP contribution in [-0.2, 0) is 11.3 Å². The van der Waals surface area contributed by atoms with Crippen LogP contribution in [0.4, 0.5) is 11.5 Å². The molecule has 0 radical (unpaired) electrons. The Hall–Kier alpha value is -2.60. The number of carbonyl (C=O) groups excluding carboxylic acids is 1. The smallest absolute Gasteiger partial charge is 0.248 e. The van der Waals surface area contributed by atoms with Crippen LogP contribution < -0.4 is 16.4 Å². The number of nitrogens with one attached hydrogen (secondary N) is 2. The van der Waals surface area contributed by atoms with Gasteiger partial charge in [0.2, 0.25) is 5.91 Å². The van der Waals surface area contributed by atoms with Crippen molar-refractivity contribution in [3.8, 4) is 0 Å². The molecule has 0 bridgehead atoms. The van der Waals surface area contributed by atoms with Crippen LogP contribution in [0.5, 0.6) is 0 Å². The second-order valence-corrected chi connectivity index (χ2v) is 6.33. The van der Waals surface area contributed by atoms with Crippen molar-refractivity contribution >= 4 is 17.4 Å². The van der Waals surface area contributed by atoms with Gasteiger partial charge in [0.15, 0.2) is 0 Å². The van der Waals surface area contributed by atoms with Gasteiger partial charge in [-0.1, -0.05) is 12.1 Å². The van der Waals surface area contributed by atoms with Crippen molar-refractivity contribution in [2.45, 2.75) is 32.4 Å². The summed E-state index contributed by atoms with van der Waals surface area (Å²) in [5.74, 6) is 0.468. The van der Waals surface area contributed by atoms with Crippen LogP contribution in [0.25, 0.3) is 0 Å². The van der Waals surface area contributed by atoms with Crippen molar-refractivity contribution in [3.05, 3.63) is 53.2 Å². The van der Waals surface area contributed by atoms with Gasteiger partial charge in [0, 0.05) is 43.2 Å². The van der Waals surface area contributed by atoms with Gasteiger partial charge >= 0.3 is 0 Å². The zero-order chi connectivity index (χ0) is 17.6. The molecule has 132 valence electrons. The third kappa shape index (κ3) is 4.70. The highest BCUT2D eigenvalue weighted by molar-refractivity contribution is 5.94. The highest BCUT2D eigenvalue weighted by atomic mass is 16.5. The van der Waals surface area contributed by atoms with Crippen LogP contribution in [0, 0.1) is 6.92 Å². The zero-order valence-electron chi connectivity index (χ0n) is 14.4. The first-order chi connectivity index (χ1) is 12.1. The van der Waals surface area contributed by atoms with Crippen LogP contribution in [-0.4, -0.2) is 30.1 Å². The van der Waals surface area contributed by atoms with Gasteiger partial charge in [0.05, 0.1) is 0 Å². The van der Waals surface area contributed by atoms with Crippen molar-refractivity contribution in [1.29, 1.82) is 0 Å². The van der Waals surface area contributed by atoms with E-state index in [2.05, 4.69) is 21.7 Å². The van der Waals surface area contributed by atoms with Gasteiger partial charge in [-0.25, -0.2) is 4.98 Å². The molecule has 0 aliphatic carbocycles. The second kappa shape index (κ2) is 7.98. The molecule has 0 unspecified atom stereocenters. The van der Waals surface area contributed by atoms with Gasteiger partial charge in [-0.15, -0.1) is 0 Å². The van der Waals surface area contributed by atoms with E-state index in [1.807, 2.05) is 25.3 Å². The first-order valence-electron chi connectivity index (χ1n) is 8.55. The summed E-state index contributed by atoms with van der Waals surface area (Å²) in [5, 5.41) is 6.79. The number of benzene rings is 1. The lowest BCUT2D eigenvalue weighted by Crippen LogP contribution is -2.28. The summed E-state index contributed by atoms with van der Waals surface area (Å²) in [7, 11) is 0. The molecule has 4 N–H and O–H groups in total. The monoisotopic (exact) mass is 340 g/mol. The van der Waals surface area contributed by atoms with E-state index in [9.17, 15) is 4.79 Å². The summed E-state index contributed by atoms with van der Waals surface area (Å²) in [6.07, 6.45) is 3.89. The predicted molar refractivity (Wildman–Crippen MR) is 98.7 cm³/mol. The van der Waals surface area contributed by atoms with E-state index in [-0.39, 0.29) is 0 Å². The minimum atomic E-state index is -0.423. The Balaban J connectivity index is 1.58. The number of hydrogen-bond donors (Lipinski definition) is 3. The predicted octanol–water partition coefficient (Wildman–Crippen LogP) is 2.69. The molecule has 6 nitrogen and oxygen atoms in total. The second-order valence-electron chi connectivity index (χ2n) is 6.33. The van der Waals surface area contributed by atoms with Crippen LogP contribution in [0.15, 0.2) is 36.5 Å². The maximum atomic E-state index is 11.3. The van der Waals surface area contributed by atoms with Gasteiger partial charge < -0.3 is 21.1 Å². The molecule has 1 aliphatic heterocycles. The average molecular weight is 340 g/mol. The zero-order valence-corrected chi connectivity index (χ0v) is 14.4. The number of carbonyl (C=O) groups is 1. The summed E-state index contributed by atoms with van der Waals surface area (Å²) < 4.78 is 5.37. The maximum Gasteiger partial charge on any atom is 0.248 e. The Kier molecular flexibility index (Phi) is 5.50. The first-order valence-corrected chi connectivity index (χ1v) is 8.55. The Morgan fingerprint density at radius 2 is 2.08 bits per heavy atom. The number of ether oxygens (including phenoxy) is 1. The molecule has 1 aromatic carbocycles. The van der Waals surface area contributed by atoms with Crippen molar-refractivity contribution < 1.29 is 9.53 Å². The number of hydrogen-bond acceptors (Lipinski definition) is 5. The molecule has 1 aromatic heterocycles. The lowest BCUT2D eigenvalue weighted by Gasteiger charge is -2.23. The maximum absolute atomic E-state index is 11.3. The number of anilines is 2. The topological polar surface area (TPSA) is 89.3 Å². The summed E-state index contributed by atoms with van der Waals surface area (Å²) in [6, 6.07) is 9.90. The minimum absolute atomic E-state index is 0.423. The molecule has 1 amide bonds. The van der Waals surface area contributed by atoms with Gasteiger partial charge in [0.25, 0.3) is 0 Å². The number of pyridine rings is 1. The van der Waals surface area contributed by atoms with E-state index in [0.717, 1.165) is 48.7 Å². The number of nitrogens with two attached hydrogens (primary N) is 1. The Bertz CT molecular complexity index is 725. The molecule has 1 saturated heterocycles. The lowest BCUT2D eigenvalue weighted by atomic mass is 10.1. The van der Waals surface area contributed by atoms with Gasteiger partial charge in [-0.05, 0) is 49.1 Å². The number of aromatic nitrogens is 1. The third-order valence-electron chi connectivity index (χ3n) is 4.40. The Labute approximate surface area is 147 Å². The van der Waals surface area contributed by atoms with E-state index in [4.69, 9.17) is 10.5 Å². The molecule has 25 heavy (non-hydrogen) atoms. The highest BCUT2D eigenvalue weighted by Crippen LogP contribution is 2.18. The molecular formula is C19H24N4O2. The van der Waals surface area contributed by atoms with E-state index in [1.54, 1.807) is 12.1 Å². The normalized spacial score (nSPS) is 14.9. The van der Waals surface area contributed by atoms with E-state index in [0.29, 0.717) is 18.2 Å². The Morgan fingerprint density at radius 1 is 1.28 bits per heavy atom. The molecule has 2 aromatic rings. The fourth-order valence-electron chi connectivity index (χ4n) is 2.83. The number of nitrogens with zero attached hydrogens (tertiary/aromatic N) is 1. The third-order valence-corrected chi connectivity index (χ3v) is 4.40. The first kappa shape index (κ1) is 17.2. The van der Waals surface area contributed by atoms with E-state index in [1.165, 1.54) is 0 Å². The van der Waals surface area contributed by atoms with E-state index >= 15 is 0 Å². The summed E-state index contributed by atoms with van der Waals surface area (Å²) >= 11 is 0. The highest BCUT2D eigenvalue weighted by Gasteiger charge is 2.13. The van der Waals surface area contributed by atoms with Crippen LogP contribution in [0.3, 0.4) is 0 Å².